The topological polar surface area (TPSA) is 66.4 Å². The van der Waals surface area contributed by atoms with Crippen LogP contribution in [0.25, 0.3) is 0 Å². The van der Waals surface area contributed by atoms with Crippen LogP contribution in [0.5, 0.6) is 0 Å². The third kappa shape index (κ3) is 3.33. The average molecular weight is 361 g/mol. The molecule has 108 valence electrons. The predicted molar refractivity (Wildman–Crippen MR) is 79.8 cm³/mol. The molecule has 1 aliphatic carbocycles. The Kier molecular flexibility index (Phi) is 4.70. The van der Waals surface area contributed by atoms with E-state index in [1.807, 2.05) is 6.07 Å². The monoisotopic (exact) mass is 359 g/mol. The van der Waals surface area contributed by atoms with Crippen molar-refractivity contribution < 1.29 is 14.7 Å². The van der Waals surface area contributed by atoms with Crippen molar-refractivity contribution in [2.24, 2.45) is 0 Å². The molecule has 20 heavy (non-hydrogen) atoms. The minimum absolute atomic E-state index is 0.237. The second kappa shape index (κ2) is 6.14. The van der Waals surface area contributed by atoms with E-state index in [1.54, 1.807) is 12.1 Å². The smallest absolute Gasteiger partial charge is 0.329 e. The number of carboxylic acid groups (broad SMARTS) is 1. The van der Waals surface area contributed by atoms with Gasteiger partial charge in [-0.1, -0.05) is 27.5 Å². The highest BCUT2D eigenvalue weighted by Gasteiger charge is 2.45. The van der Waals surface area contributed by atoms with Gasteiger partial charge in [-0.2, -0.15) is 0 Å². The van der Waals surface area contributed by atoms with Crippen LogP contribution in [0.2, 0.25) is 5.02 Å². The predicted octanol–water partition coefficient (Wildman–Crippen LogP) is 3.16. The summed E-state index contributed by atoms with van der Waals surface area (Å²) in [6.45, 7) is 0. The van der Waals surface area contributed by atoms with Gasteiger partial charge in [0.15, 0.2) is 0 Å². The van der Waals surface area contributed by atoms with Gasteiger partial charge in [-0.05, 0) is 49.4 Å². The summed E-state index contributed by atoms with van der Waals surface area (Å²) in [5.74, 6) is -1.18. The second-order valence-corrected chi connectivity index (χ2v) is 6.32. The first-order chi connectivity index (χ1) is 9.43. The Hall–Kier alpha value is -1.07. The van der Waals surface area contributed by atoms with Crippen LogP contribution in [0.3, 0.4) is 0 Å². The van der Waals surface area contributed by atoms with Gasteiger partial charge in [-0.25, -0.2) is 4.79 Å². The van der Waals surface area contributed by atoms with Gasteiger partial charge in [0.25, 0.3) is 0 Å². The van der Waals surface area contributed by atoms with Crippen LogP contribution in [0.15, 0.2) is 22.7 Å². The van der Waals surface area contributed by atoms with Crippen molar-refractivity contribution in [2.75, 3.05) is 0 Å². The van der Waals surface area contributed by atoms with Crippen molar-refractivity contribution in [1.29, 1.82) is 0 Å². The number of carboxylic acids is 1. The molecule has 2 N–H and O–H groups in total. The molecule has 1 aromatic carbocycles. The normalized spacial score (nSPS) is 16.3. The maximum Gasteiger partial charge on any atom is 0.329 e. The third-order valence-electron chi connectivity index (χ3n) is 3.62. The summed E-state index contributed by atoms with van der Waals surface area (Å²) in [5, 5.41) is 12.4. The Labute approximate surface area is 130 Å². The van der Waals surface area contributed by atoms with E-state index in [4.69, 9.17) is 16.7 Å². The van der Waals surface area contributed by atoms with Gasteiger partial charge in [0, 0.05) is 15.9 Å². The first kappa shape index (κ1) is 15.3. The van der Waals surface area contributed by atoms with E-state index >= 15 is 0 Å². The summed E-state index contributed by atoms with van der Waals surface area (Å²) in [5.41, 5.74) is -0.103. The molecule has 0 saturated heterocycles. The Morgan fingerprint density at radius 1 is 1.40 bits per heavy atom. The number of aliphatic carboxylic acids is 1. The molecule has 0 bridgehead atoms. The minimum atomic E-state index is -1.04. The first-order valence-electron chi connectivity index (χ1n) is 6.41. The molecule has 1 saturated carbocycles. The Balaban J connectivity index is 1.92. The SMILES string of the molecule is O=C(CCc1cc(Cl)ccc1Br)NC1(C(=O)O)CCC1. The molecule has 0 heterocycles. The summed E-state index contributed by atoms with van der Waals surface area (Å²) in [7, 11) is 0. The molecule has 1 amide bonds. The van der Waals surface area contributed by atoms with Crippen LogP contribution >= 0.6 is 27.5 Å². The quantitative estimate of drug-likeness (QED) is 0.847. The summed E-state index contributed by atoms with van der Waals surface area (Å²) >= 11 is 9.32. The van der Waals surface area contributed by atoms with Crippen molar-refractivity contribution >= 4 is 39.4 Å². The minimum Gasteiger partial charge on any atom is -0.480 e. The lowest BCUT2D eigenvalue weighted by Gasteiger charge is -2.38. The standard InChI is InChI=1S/C14H15BrClNO3/c15-11-4-3-10(16)8-9(11)2-5-12(18)17-14(13(19)20)6-1-7-14/h3-4,8H,1-2,5-7H2,(H,17,18)(H,19,20). The highest BCUT2D eigenvalue weighted by molar-refractivity contribution is 9.10. The lowest BCUT2D eigenvalue weighted by atomic mass is 9.76. The Morgan fingerprint density at radius 2 is 2.10 bits per heavy atom. The molecule has 0 aromatic heterocycles. The molecule has 0 spiro atoms. The lowest BCUT2D eigenvalue weighted by molar-refractivity contribution is -0.151. The van der Waals surface area contributed by atoms with Crippen LogP contribution in [-0.2, 0) is 16.0 Å². The number of halogens is 2. The molecule has 0 aliphatic heterocycles. The van der Waals surface area contributed by atoms with Gasteiger partial charge in [0.05, 0.1) is 0 Å². The number of amides is 1. The van der Waals surface area contributed by atoms with Crippen LogP contribution < -0.4 is 5.32 Å². The first-order valence-corrected chi connectivity index (χ1v) is 7.58. The van der Waals surface area contributed by atoms with Crippen LogP contribution in [0.1, 0.15) is 31.2 Å². The number of aryl methyl sites for hydroxylation is 1. The summed E-state index contributed by atoms with van der Waals surface area (Å²) in [6, 6.07) is 5.40. The van der Waals surface area contributed by atoms with E-state index in [-0.39, 0.29) is 12.3 Å². The van der Waals surface area contributed by atoms with E-state index in [0.29, 0.717) is 24.3 Å². The number of benzene rings is 1. The van der Waals surface area contributed by atoms with Crippen LogP contribution in [0.4, 0.5) is 0 Å². The number of rotatable bonds is 5. The van der Waals surface area contributed by atoms with E-state index in [2.05, 4.69) is 21.2 Å². The largest absolute Gasteiger partial charge is 0.480 e. The van der Waals surface area contributed by atoms with Crippen LogP contribution in [0, 0.1) is 0 Å². The van der Waals surface area contributed by atoms with Gasteiger partial charge in [-0.15, -0.1) is 0 Å². The number of carbonyl (C=O) groups is 2. The molecular formula is C14H15BrClNO3. The van der Waals surface area contributed by atoms with Crippen molar-refractivity contribution in [3.05, 3.63) is 33.3 Å². The molecule has 1 aromatic rings. The van der Waals surface area contributed by atoms with Gasteiger partial charge in [0.2, 0.25) is 5.91 Å². The zero-order valence-electron chi connectivity index (χ0n) is 10.8. The van der Waals surface area contributed by atoms with Crippen molar-refractivity contribution in [1.82, 2.24) is 5.32 Å². The molecule has 1 fully saturated rings. The van der Waals surface area contributed by atoms with E-state index in [1.165, 1.54) is 0 Å². The molecule has 0 radical (unpaired) electrons. The molecule has 4 nitrogen and oxygen atoms in total. The number of hydrogen-bond acceptors (Lipinski definition) is 2. The summed E-state index contributed by atoms with van der Waals surface area (Å²) < 4.78 is 0.895. The molecule has 2 rings (SSSR count). The van der Waals surface area contributed by atoms with Crippen molar-refractivity contribution in [2.45, 2.75) is 37.6 Å². The van der Waals surface area contributed by atoms with Crippen molar-refractivity contribution in [3.63, 3.8) is 0 Å². The fraction of sp³-hybridized carbons (Fsp3) is 0.429. The van der Waals surface area contributed by atoms with Gasteiger partial charge in [-0.3, -0.25) is 4.79 Å². The third-order valence-corrected chi connectivity index (χ3v) is 4.63. The molecule has 1 aliphatic rings. The molecule has 6 heteroatoms. The van der Waals surface area contributed by atoms with Gasteiger partial charge >= 0.3 is 5.97 Å². The van der Waals surface area contributed by atoms with E-state index in [0.717, 1.165) is 16.5 Å². The van der Waals surface area contributed by atoms with Gasteiger partial charge in [0.1, 0.15) is 5.54 Å². The Morgan fingerprint density at radius 3 is 2.65 bits per heavy atom. The highest BCUT2D eigenvalue weighted by atomic mass is 79.9. The fourth-order valence-corrected chi connectivity index (χ4v) is 2.87. The Bertz CT molecular complexity index is 543. The van der Waals surface area contributed by atoms with E-state index in [9.17, 15) is 9.59 Å². The molecule has 0 atom stereocenters. The average Bonchev–Trinajstić information content (AvgIpc) is 2.34. The zero-order chi connectivity index (χ0) is 14.8. The molecule has 0 unspecified atom stereocenters. The number of nitrogens with one attached hydrogen (secondary N) is 1. The van der Waals surface area contributed by atoms with Gasteiger partial charge < -0.3 is 10.4 Å². The summed E-state index contributed by atoms with van der Waals surface area (Å²) in [6.07, 6.45) is 2.62. The summed E-state index contributed by atoms with van der Waals surface area (Å²) in [4.78, 5) is 23.1. The number of carbonyl (C=O) groups excluding carboxylic acids is 1. The fourth-order valence-electron chi connectivity index (χ4n) is 2.24. The lowest BCUT2D eigenvalue weighted by Crippen LogP contribution is -2.59. The highest BCUT2D eigenvalue weighted by Crippen LogP contribution is 2.32. The molecular weight excluding hydrogens is 346 g/mol. The van der Waals surface area contributed by atoms with E-state index < -0.39 is 11.5 Å². The van der Waals surface area contributed by atoms with Crippen molar-refractivity contribution in [3.8, 4) is 0 Å². The maximum absolute atomic E-state index is 11.9. The van der Waals surface area contributed by atoms with Crippen LogP contribution in [-0.4, -0.2) is 22.5 Å². The number of hydrogen-bond donors (Lipinski definition) is 2. The maximum atomic E-state index is 11.9. The zero-order valence-corrected chi connectivity index (χ0v) is 13.1. The second-order valence-electron chi connectivity index (χ2n) is 5.02.